The molecule has 0 saturated carbocycles. The monoisotopic (exact) mass is 148 g/mol. The average Bonchev–Trinajstić information content (AvgIpc) is 2.04. The summed E-state index contributed by atoms with van der Waals surface area (Å²) >= 11 is 0. The Morgan fingerprint density at radius 3 is 2.36 bits per heavy atom. The SMILES string of the molecule is OCC#Cc1ccc(O)cc1. The lowest BCUT2D eigenvalue weighted by molar-refractivity contribution is 0.350. The van der Waals surface area contributed by atoms with Crippen LogP contribution < -0.4 is 0 Å². The van der Waals surface area contributed by atoms with Gasteiger partial charge in [0.15, 0.2) is 0 Å². The van der Waals surface area contributed by atoms with E-state index in [0.29, 0.717) is 0 Å². The van der Waals surface area contributed by atoms with Gasteiger partial charge in [-0.05, 0) is 24.3 Å². The van der Waals surface area contributed by atoms with Crippen molar-refractivity contribution in [2.75, 3.05) is 6.61 Å². The molecule has 0 spiro atoms. The highest BCUT2D eigenvalue weighted by atomic mass is 16.3. The van der Waals surface area contributed by atoms with E-state index in [1.54, 1.807) is 24.3 Å². The zero-order valence-electron chi connectivity index (χ0n) is 5.91. The Bertz CT molecular complexity index is 277. The van der Waals surface area contributed by atoms with Gasteiger partial charge in [0.25, 0.3) is 0 Å². The van der Waals surface area contributed by atoms with E-state index in [1.807, 2.05) is 0 Å². The molecule has 0 atom stereocenters. The molecule has 0 saturated heterocycles. The third kappa shape index (κ3) is 2.32. The molecule has 1 aromatic rings. The Labute approximate surface area is 65.1 Å². The molecule has 0 amide bonds. The molecule has 0 aliphatic heterocycles. The molecule has 0 heterocycles. The summed E-state index contributed by atoms with van der Waals surface area (Å²) in [5, 5.41) is 17.2. The molecule has 2 heteroatoms. The molecule has 0 unspecified atom stereocenters. The summed E-state index contributed by atoms with van der Waals surface area (Å²) in [7, 11) is 0. The molecule has 0 aliphatic carbocycles. The predicted octanol–water partition coefficient (Wildman–Crippen LogP) is 0.736. The second kappa shape index (κ2) is 3.65. The minimum Gasteiger partial charge on any atom is -0.508 e. The lowest BCUT2D eigenvalue weighted by Crippen LogP contribution is -1.75. The zero-order chi connectivity index (χ0) is 8.10. The molecule has 1 aromatic carbocycles. The largest absolute Gasteiger partial charge is 0.508 e. The van der Waals surface area contributed by atoms with Gasteiger partial charge >= 0.3 is 0 Å². The Morgan fingerprint density at radius 2 is 1.82 bits per heavy atom. The summed E-state index contributed by atoms with van der Waals surface area (Å²) in [5.74, 6) is 5.44. The van der Waals surface area contributed by atoms with Gasteiger partial charge in [-0.3, -0.25) is 0 Å². The normalized spacial score (nSPS) is 8.45. The summed E-state index contributed by atoms with van der Waals surface area (Å²) in [6.45, 7) is -0.138. The summed E-state index contributed by atoms with van der Waals surface area (Å²) in [6, 6.07) is 6.50. The Kier molecular flexibility index (Phi) is 2.53. The van der Waals surface area contributed by atoms with Crippen LogP contribution in [-0.2, 0) is 0 Å². The fraction of sp³-hybridized carbons (Fsp3) is 0.111. The number of hydrogen-bond acceptors (Lipinski definition) is 2. The van der Waals surface area contributed by atoms with Gasteiger partial charge in [0.2, 0.25) is 0 Å². The van der Waals surface area contributed by atoms with Crippen molar-refractivity contribution in [3.63, 3.8) is 0 Å². The number of rotatable bonds is 0. The van der Waals surface area contributed by atoms with E-state index in [-0.39, 0.29) is 12.4 Å². The number of phenolic OH excluding ortho intramolecular Hbond substituents is 1. The fourth-order valence-electron chi connectivity index (χ4n) is 0.686. The average molecular weight is 148 g/mol. The van der Waals surface area contributed by atoms with Crippen molar-refractivity contribution < 1.29 is 10.2 Å². The van der Waals surface area contributed by atoms with Crippen LogP contribution in [0.2, 0.25) is 0 Å². The highest BCUT2D eigenvalue weighted by Gasteiger charge is 1.85. The minimum absolute atomic E-state index is 0.138. The van der Waals surface area contributed by atoms with E-state index in [0.717, 1.165) is 5.56 Å². The number of aliphatic hydroxyl groups is 1. The highest BCUT2D eigenvalue weighted by Crippen LogP contribution is 2.07. The zero-order valence-corrected chi connectivity index (χ0v) is 5.91. The van der Waals surface area contributed by atoms with Crippen molar-refractivity contribution in [1.82, 2.24) is 0 Å². The lowest BCUT2D eigenvalue weighted by atomic mass is 10.2. The van der Waals surface area contributed by atoms with Gasteiger partial charge in [-0.25, -0.2) is 0 Å². The maximum Gasteiger partial charge on any atom is 0.115 e. The van der Waals surface area contributed by atoms with E-state index in [2.05, 4.69) is 11.8 Å². The van der Waals surface area contributed by atoms with Crippen LogP contribution >= 0.6 is 0 Å². The van der Waals surface area contributed by atoms with E-state index in [9.17, 15) is 0 Å². The van der Waals surface area contributed by atoms with Crippen LogP contribution in [0.4, 0.5) is 0 Å². The van der Waals surface area contributed by atoms with Gasteiger partial charge < -0.3 is 10.2 Å². The van der Waals surface area contributed by atoms with Gasteiger partial charge in [0, 0.05) is 5.56 Å². The van der Waals surface area contributed by atoms with E-state index < -0.39 is 0 Å². The predicted molar refractivity (Wildman–Crippen MR) is 42.1 cm³/mol. The lowest BCUT2D eigenvalue weighted by Gasteiger charge is -1.89. The van der Waals surface area contributed by atoms with Crippen LogP contribution in [0, 0.1) is 11.8 Å². The van der Waals surface area contributed by atoms with E-state index in [1.165, 1.54) is 0 Å². The number of phenols is 1. The molecule has 1 rings (SSSR count). The van der Waals surface area contributed by atoms with Crippen molar-refractivity contribution in [3.05, 3.63) is 29.8 Å². The third-order valence-electron chi connectivity index (χ3n) is 1.18. The Balaban J connectivity index is 2.82. The summed E-state index contributed by atoms with van der Waals surface area (Å²) in [6.07, 6.45) is 0. The molecule has 0 fully saturated rings. The first-order valence-corrected chi connectivity index (χ1v) is 3.21. The second-order valence-corrected chi connectivity index (χ2v) is 2.01. The van der Waals surface area contributed by atoms with Crippen molar-refractivity contribution in [1.29, 1.82) is 0 Å². The first-order chi connectivity index (χ1) is 5.33. The smallest absolute Gasteiger partial charge is 0.115 e. The number of aliphatic hydroxyl groups excluding tert-OH is 1. The molecule has 0 aromatic heterocycles. The van der Waals surface area contributed by atoms with Gasteiger partial charge in [-0.2, -0.15) is 0 Å². The second-order valence-electron chi connectivity index (χ2n) is 2.01. The Hall–Kier alpha value is -1.46. The molecular weight excluding hydrogens is 140 g/mol. The first kappa shape index (κ1) is 7.64. The maximum atomic E-state index is 8.88. The summed E-state index contributed by atoms with van der Waals surface area (Å²) in [4.78, 5) is 0. The van der Waals surface area contributed by atoms with Gasteiger partial charge in [-0.15, -0.1) is 0 Å². The van der Waals surface area contributed by atoms with Crippen molar-refractivity contribution >= 4 is 0 Å². The minimum atomic E-state index is -0.138. The molecule has 0 radical (unpaired) electrons. The van der Waals surface area contributed by atoms with Crippen molar-refractivity contribution in [2.45, 2.75) is 0 Å². The van der Waals surface area contributed by atoms with Crippen molar-refractivity contribution in [2.24, 2.45) is 0 Å². The van der Waals surface area contributed by atoms with Gasteiger partial charge in [0.05, 0.1) is 0 Å². The highest BCUT2D eigenvalue weighted by molar-refractivity contribution is 5.37. The molecule has 0 bridgehead atoms. The molecule has 2 N–H and O–H groups in total. The quantitative estimate of drug-likeness (QED) is 0.532. The maximum absolute atomic E-state index is 8.88. The Morgan fingerprint density at radius 1 is 1.18 bits per heavy atom. The van der Waals surface area contributed by atoms with Crippen molar-refractivity contribution in [3.8, 4) is 17.6 Å². The molecule has 56 valence electrons. The summed E-state index contributed by atoms with van der Waals surface area (Å²) in [5.41, 5.74) is 0.789. The molecular formula is C9H8O2. The summed E-state index contributed by atoms with van der Waals surface area (Å²) < 4.78 is 0. The van der Waals surface area contributed by atoms with Crippen LogP contribution in [-0.4, -0.2) is 16.8 Å². The van der Waals surface area contributed by atoms with E-state index >= 15 is 0 Å². The van der Waals surface area contributed by atoms with Crippen LogP contribution in [0.1, 0.15) is 5.56 Å². The fourth-order valence-corrected chi connectivity index (χ4v) is 0.686. The molecule has 11 heavy (non-hydrogen) atoms. The molecule has 2 nitrogen and oxygen atoms in total. The topological polar surface area (TPSA) is 40.5 Å². The number of benzene rings is 1. The van der Waals surface area contributed by atoms with Gasteiger partial charge in [-0.1, -0.05) is 11.8 Å². The third-order valence-corrected chi connectivity index (χ3v) is 1.18. The van der Waals surface area contributed by atoms with E-state index in [4.69, 9.17) is 10.2 Å². The van der Waals surface area contributed by atoms with Crippen LogP contribution in [0.5, 0.6) is 5.75 Å². The first-order valence-electron chi connectivity index (χ1n) is 3.21. The number of aromatic hydroxyl groups is 1. The van der Waals surface area contributed by atoms with Gasteiger partial charge in [0.1, 0.15) is 12.4 Å². The van der Waals surface area contributed by atoms with Crippen LogP contribution in [0.3, 0.4) is 0 Å². The standard InChI is InChI=1S/C9H8O2/c10-7-1-2-8-3-5-9(11)6-4-8/h3-6,10-11H,7H2. The van der Waals surface area contributed by atoms with Crippen LogP contribution in [0.25, 0.3) is 0 Å². The number of hydrogen-bond donors (Lipinski definition) is 2. The molecule has 0 aliphatic rings. The van der Waals surface area contributed by atoms with Crippen LogP contribution in [0.15, 0.2) is 24.3 Å².